The van der Waals surface area contributed by atoms with E-state index in [4.69, 9.17) is 14.2 Å². The summed E-state index contributed by atoms with van der Waals surface area (Å²) in [6, 6.07) is 18.2. The first-order chi connectivity index (χ1) is 13.2. The number of rotatable bonds is 10. The highest BCUT2D eigenvalue weighted by Crippen LogP contribution is 2.28. The predicted octanol–water partition coefficient (Wildman–Crippen LogP) is 2.14. The van der Waals surface area contributed by atoms with E-state index >= 15 is 0 Å². The van der Waals surface area contributed by atoms with Crippen molar-refractivity contribution in [1.82, 2.24) is 5.32 Å². The van der Waals surface area contributed by atoms with Gasteiger partial charge >= 0.3 is 5.97 Å². The molecule has 6 heteroatoms. The summed E-state index contributed by atoms with van der Waals surface area (Å²) in [7, 11) is 2.87. The fourth-order valence-corrected chi connectivity index (χ4v) is 2.83. The number of esters is 1. The zero-order chi connectivity index (χ0) is 19.5. The zero-order valence-electron chi connectivity index (χ0n) is 15.6. The molecular weight excluding hydrogens is 346 g/mol. The number of benzene rings is 2. The standard InChI is InChI=1S/C21H25NO5/c1-25-13-14-27-15-18(23)22-20(21(24)26-2)19(16-9-5-3-6-10-16)17-11-7-4-8-12-17/h3-12,19-20H,13-15H2,1-2H3,(H,22,23)/t20-/m0/s1. The Balaban J connectivity index is 2.26. The molecule has 1 atom stereocenters. The number of nitrogens with one attached hydrogen (secondary N) is 1. The second kappa shape index (κ2) is 11.1. The maximum Gasteiger partial charge on any atom is 0.329 e. The minimum atomic E-state index is -0.877. The summed E-state index contributed by atoms with van der Waals surface area (Å²) < 4.78 is 15.1. The zero-order valence-corrected chi connectivity index (χ0v) is 15.6. The maximum atomic E-state index is 12.5. The fourth-order valence-electron chi connectivity index (χ4n) is 2.83. The lowest BCUT2D eigenvalue weighted by molar-refractivity contribution is -0.146. The molecule has 144 valence electrons. The SMILES string of the molecule is COCCOCC(=O)N[C@H](C(=O)OC)C(c1ccccc1)c1ccccc1. The normalized spacial score (nSPS) is 11.8. The van der Waals surface area contributed by atoms with Crippen molar-refractivity contribution in [2.24, 2.45) is 0 Å². The second-order valence-electron chi connectivity index (χ2n) is 5.91. The smallest absolute Gasteiger partial charge is 0.329 e. The van der Waals surface area contributed by atoms with Gasteiger partial charge in [0.05, 0.1) is 20.3 Å². The monoisotopic (exact) mass is 371 g/mol. The van der Waals surface area contributed by atoms with Crippen LogP contribution in [-0.2, 0) is 23.8 Å². The lowest BCUT2D eigenvalue weighted by Gasteiger charge is -2.27. The Bertz CT molecular complexity index is 666. The number of carbonyl (C=O) groups excluding carboxylic acids is 2. The minimum absolute atomic E-state index is 0.160. The summed E-state index contributed by atoms with van der Waals surface area (Å²) in [6.45, 7) is 0.533. The van der Waals surface area contributed by atoms with E-state index in [1.807, 2.05) is 60.7 Å². The van der Waals surface area contributed by atoms with Crippen molar-refractivity contribution in [2.45, 2.75) is 12.0 Å². The number of amides is 1. The van der Waals surface area contributed by atoms with Gasteiger partial charge in [-0.2, -0.15) is 0 Å². The van der Waals surface area contributed by atoms with Gasteiger partial charge in [-0.1, -0.05) is 60.7 Å². The van der Waals surface area contributed by atoms with Crippen molar-refractivity contribution >= 4 is 11.9 Å². The van der Waals surface area contributed by atoms with Gasteiger partial charge in [-0.25, -0.2) is 4.79 Å². The van der Waals surface area contributed by atoms with Gasteiger partial charge in [0, 0.05) is 13.0 Å². The van der Waals surface area contributed by atoms with Gasteiger partial charge in [0.2, 0.25) is 5.91 Å². The number of methoxy groups -OCH3 is 2. The molecule has 0 saturated carbocycles. The van der Waals surface area contributed by atoms with Crippen LogP contribution in [0.2, 0.25) is 0 Å². The van der Waals surface area contributed by atoms with Crippen molar-refractivity contribution in [3.63, 3.8) is 0 Å². The summed E-state index contributed by atoms with van der Waals surface area (Å²) in [5.74, 6) is -1.29. The van der Waals surface area contributed by atoms with E-state index in [2.05, 4.69) is 5.32 Å². The summed E-state index contributed by atoms with van der Waals surface area (Å²) in [6.07, 6.45) is 0. The van der Waals surface area contributed by atoms with Gasteiger partial charge in [-0.15, -0.1) is 0 Å². The highest BCUT2D eigenvalue weighted by atomic mass is 16.5. The molecule has 1 N–H and O–H groups in total. The second-order valence-corrected chi connectivity index (χ2v) is 5.91. The molecule has 0 saturated heterocycles. The maximum absolute atomic E-state index is 12.5. The van der Waals surface area contributed by atoms with E-state index in [1.54, 1.807) is 7.11 Å². The number of hydrogen-bond acceptors (Lipinski definition) is 5. The van der Waals surface area contributed by atoms with Crippen molar-refractivity contribution in [3.8, 4) is 0 Å². The Kier molecular flexibility index (Phi) is 8.48. The molecule has 0 aliphatic rings. The fraction of sp³-hybridized carbons (Fsp3) is 0.333. The van der Waals surface area contributed by atoms with Crippen LogP contribution >= 0.6 is 0 Å². The van der Waals surface area contributed by atoms with Crippen LogP contribution in [0, 0.1) is 0 Å². The Morgan fingerprint density at radius 3 is 1.93 bits per heavy atom. The molecule has 0 aromatic heterocycles. The molecule has 2 rings (SSSR count). The molecule has 0 heterocycles. The Morgan fingerprint density at radius 2 is 1.44 bits per heavy atom. The molecule has 2 aromatic carbocycles. The van der Waals surface area contributed by atoms with E-state index in [1.165, 1.54) is 7.11 Å². The molecule has 0 radical (unpaired) electrons. The third kappa shape index (κ3) is 6.20. The van der Waals surface area contributed by atoms with Gasteiger partial charge in [0.25, 0.3) is 0 Å². The third-order valence-electron chi connectivity index (χ3n) is 4.09. The predicted molar refractivity (Wildman–Crippen MR) is 101 cm³/mol. The van der Waals surface area contributed by atoms with Crippen molar-refractivity contribution in [2.75, 3.05) is 34.0 Å². The quantitative estimate of drug-likeness (QED) is 0.512. The van der Waals surface area contributed by atoms with Crippen molar-refractivity contribution < 1.29 is 23.8 Å². The van der Waals surface area contributed by atoms with Crippen LogP contribution in [-0.4, -0.2) is 52.0 Å². The third-order valence-corrected chi connectivity index (χ3v) is 4.09. The Hall–Kier alpha value is -2.70. The first-order valence-electron chi connectivity index (χ1n) is 8.71. The van der Waals surface area contributed by atoms with Gasteiger partial charge < -0.3 is 19.5 Å². The summed E-state index contributed by atoms with van der Waals surface area (Å²) >= 11 is 0. The number of hydrogen-bond donors (Lipinski definition) is 1. The first-order valence-corrected chi connectivity index (χ1v) is 8.71. The molecule has 1 amide bonds. The molecule has 0 bridgehead atoms. The van der Waals surface area contributed by atoms with Crippen LogP contribution in [0.1, 0.15) is 17.0 Å². The molecular formula is C21H25NO5. The van der Waals surface area contributed by atoms with Crippen LogP contribution in [0.25, 0.3) is 0 Å². The van der Waals surface area contributed by atoms with Crippen LogP contribution in [0.3, 0.4) is 0 Å². The van der Waals surface area contributed by atoms with Crippen LogP contribution in [0.4, 0.5) is 0 Å². The Labute approximate surface area is 159 Å². The Morgan fingerprint density at radius 1 is 0.889 bits per heavy atom. The first kappa shape index (κ1) is 20.6. The van der Waals surface area contributed by atoms with E-state index in [0.29, 0.717) is 13.2 Å². The van der Waals surface area contributed by atoms with Crippen LogP contribution in [0.5, 0.6) is 0 Å². The van der Waals surface area contributed by atoms with E-state index in [9.17, 15) is 9.59 Å². The average molecular weight is 371 g/mol. The average Bonchev–Trinajstić information content (AvgIpc) is 2.72. The molecule has 6 nitrogen and oxygen atoms in total. The van der Waals surface area contributed by atoms with Crippen molar-refractivity contribution in [3.05, 3.63) is 71.8 Å². The molecule has 0 fully saturated rings. The summed E-state index contributed by atoms with van der Waals surface area (Å²) in [4.78, 5) is 24.8. The van der Waals surface area contributed by atoms with Gasteiger partial charge in [-0.05, 0) is 11.1 Å². The molecule has 27 heavy (non-hydrogen) atoms. The van der Waals surface area contributed by atoms with Crippen LogP contribution < -0.4 is 5.32 Å². The summed E-state index contributed by atoms with van der Waals surface area (Å²) in [5.41, 5.74) is 1.81. The molecule has 0 unspecified atom stereocenters. The van der Waals surface area contributed by atoms with Gasteiger partial charge in [0.1, 0.15) is 12.6 Å². The van der Waals surface area contributed by atoms with Gasteiger partial charge in [0.15, 0.2) is 0 Å². The highest BCUT2D eigenvalue weighted by Gasteiger charge is 2.33. The topological polar surface area (TPSA) is 73.9 Å². The number of carbonyl (C=O) groups is 2. The van der Waals surface area contributed by atoms with E-state index < -0.39 is 17.9 Å². The number of ether oxygens (including phenoxy) is 3. The lowest BCUT2D eigenvalue weighted by Crippen LogP contribution is -2.47. The molecule has 0 aliphatic carbocycles. The van der Waals surface area contributed by atoms with E-state index in [-0.39, 0.29) is 12.5 Å². The van der Waals surface area contributed by atoms with Gasteiger partial charge in [-0.3, -0.25) is 4.79 Å². The lowest BCUT2D eigenvalue weighted by atomic mass is 9.85. The molecule has 0 aliphatic heterocycles. The van der Waals surface area contributed by atoms with Crippen molar-refractivity contribution in [1.29, 1.82) is 0 Å². The molecule has 2 aromatic rings. The largest absolute Gasteiger partial charge is 0.467 e. The highest BCUT2D eigenvalue weighted by molar-refractivity contribution is 5.86. The van der Waals surface area contributed by atoms with Crippen LogP contribution in [0.15, 0.2) is 60.7 Å². The summed E-state index contributed by atoms with van der Waals surface area (Å²) in [5, 5.41) is 2.76. The minimum Gasteiger partial charge on any atom is -0.467 e. The van der Waals surface area contributed by atoms with E-state index in [0.717, 1.165) is 11.1 Å². The molecule has 0 spiro atoms.